The summed E-state index contributed by atoms with van der Waals surface area (Å²) in [7, 11) is 0. The van der Waals surface area contributed by atoms with Crippen molar-refractivity contribution in [2.45, 2.75) is 6.54 Å². The molecule has 0 radical (unpaired) electrons. The van der Waals surface area contributed by atoms with Crippen molar-refractivity contribution >= 4 is 0 Å². The Hall–Kier alpha value is -2.12. The summed E-state index contributed by atoms with van der Waals surface area (Å²) in [5, 5.41) is 8.65. The summed E-state index contributed by atoms with van der Waals surface area (Å²) in [6.07, 6.45) is 1.37. The van der Waals surface area contributed by atoms with E-state index in [-0.39, 0.29) is 0 Å². The molecule has 1 aromatic heterocycles. The Morgan fingerprint density at radius 3 is 2.67 bits per heavy atom. The molecule has 0 saturated heterocycles. The minimum atomic E-state index is 0.339. The number of hydrogen-bond donors (Lipinski definition) is 1. The van der Waals surface area contributed by atoms with Gasteiger partial charge in [0.05, 0.1) is 11.6 Å². The highest BCUT2D eigenvalue weighted by Gasteiger charge is 2.08. The first-order valence-electron chi connectivity index (χ1n) is 4.48. The molecule has 2 aromatic rings. The number of nitrogens with two attached hydrogens (primary N) is 1. The molecule has 0 spiro atoms. The Morgan fingerprint density at radius 1 is 1.33 bits per heavy atom. The molecule has 0 aliphatic rings. The topological polar surface area (TPSA) is 75.8 Å². The predicted octanol–water partition coefficient (Wildman–Crippen LogP) is 1.67. The second-order valence-corrected chi connectivity index (χ2v) is 3.02. The molecule has 0 bridgehead atoms. The lowest BCUT2D eigenvalue weighted by molar-refractivity contribution is 0.571. The van der Waals surface area contributed by atoms with Gasteiger partial charge >= 0.3 is 0 Å². The van der Waals surface area contributed by atoms with Gasteiger partial charge in [0.1, 0.15) is 5.69 Å². The molecule has 2 N–H and O–H groups in total. The van der Waals surface area contributed by atoms with Gasteiger partial charge in [-0.25, -0.2) is 4.98 Å². The average molecular weight is 199 g/mol. The molecule has 2 rings (SSSR count). The van der Waals surface area contributed by atoms with E-state index in [0.717, 1.165) is 11.3 Å². The molecule has 0 saturated carbocycles. The highest BCUT2D eigenvalue weighted by atomic mass is 16.3. The van der Waals surface area contributed by atoms with Crippen LogP contribution in [0.25, 0.3) is 11.3 Å². The average Bonchev–Trinajstić information content (AvgIpc) is 2.77. The minimum absolute atomic E-state index is 0.339. The maximum Gasteiger partial charge on any atom is 0.181 e. The Balaban J connectivity index is 2.42. The van der Waals surface area contributed by atoms with Crippen LogP contribution in [0.1, 0.15) is 11.3 Å². The van der Waals surface area contributed by atoms with Gasteiger partial charge in [0.25, 0.3) is 0 Å². The highest BCUT2D eigenvalue weighted by molar-refractivity contribution is 5.60. The molecule has 0 unspecified atom stereocenters. The van der Waals surface area contributed by atoms with Crippen molar-refractivity contribution in [1.29, 1.82) is 5.26 Å². The van der Waals surface area contributed by atoms with E-state index in [0.29, 0.717) is 17.9 Å². The van der Waals surface area contributed by atoms with Crippen LogP contribution in [0.4, 0.5) is 0 Å². The van der Waals surface area contributed by atoms with E-state index in [9.17, 15) is 0 Å². The number of benzene rings is 1. The van der Waals surface area contributed by atoms with Crippen LogP contribution in [-0.2, 0) is 6.54 Å². The maximum absolute atomic E-state index is 8.65. The van der Waals surface area contributed by atoms with Crippen molar-refractivity contribution in [3.05, 3.63) is 41.9 Å². The third-order valence-electron chi connectivity index (χ3n) is 2.11. The van der Waals surface area contributed by atoms with Gasteiger partial charge in [-0.3, -0.25) is 0 Å². The van der Waals surface area contributed by atoms with E-state index < -0.39 is 0 Å². The first-order chi connectivity index (χ1) is 7.35. The molecule has 4 nitrogen and oxygen atoms in total. The quantitative estimate of drug-likeness (QED) is 0.798. The molecular formula is C11H9N3O. The fraction of sp³-hybridized carbons (Fsp3) is 0.0909. The highest BCUT2D eigenvalue weighted by Crippen LogP contribution is 2.22. The van der Waals surface area contributed by atoms with Crippen molar-refractivity contribution in [1.82, 2.24) is 4.98 Å². The molecule has 0 atom stereocenters. The summed E-state index contributed by atoms with van der Waals surface area (Å²) < 4.78 is 5.24. The fourth-order valence-electron chi connectivity index (χ4n) is 1.35. The molecule has 1 aromatic carbocycles. The number of nitrogens with zero attached hydrogens (tertiary/aromatic N) is 2. The summed E-state index contributed by atoms with van der Waals surface area (Å²) in [5.41, 5.74) is 7.74. The monoisotopic (exact) mass is 199 g/mol. The Labute approximate surface area is 87.0 Å². The summed E-state index contributed by atoms with van der Waals surface area (Å²) in [5.74, 6) is 0.669. The number of nitriles is 1. The van der Waals surface area contributed by atoms with Gasteiger partial charge in [-0.15, -0.1) is 0 Å². The van der Waals surface area contributed by atoms with Crippen molar-refractivity contribution in [2.75, 3.05) is 0 Å². The predicted molar refractivity (Wildman–Crippen MR) is 54.5 cm³/mol. The lowest BCUT2D eigenvalue weighted by Gasteiger charge is -1.98. The van der Waals surface area contributed by atoms with Crippen molar-refractivity contribution in [2.24, 2.45) is 5.73 Å². The molecule has 1 heterocycles. The van der Waals surface area contributed by atoms with Crippen LogP contribution in [0.5, 0.6) is 0 Å². The van der Waals surface area contributed by atoms with Gasteiger partial charge in [-0.1, -0.05) is 0 Å². The van der Waals surface area contributed by atoms with Crippen LogP contribution >= 0.6 is 0 Å². The number of aromatic nitrogens is 1. The van der Waals surface area contributed by atoms with E-state index in [1.54, 1.807) is 12.1 Å². The number of oxazole rings is 1. The lowest BCUT2D eigenvalue weighted by Crippen LogP contribution is -1.97. The van der Waals surface area contributed by atoms with E-state index in [1.807, 2.05) is 12.1 Å². The van der Waals surface area contributed by atoms with E-state index in [1.165, 1.54) is 6.39 Å². The number of hydrogen-bond acceptors (Lipinski definition) is 4. The molecule has 0 aliphatic carbocycles. The smallest absolute Gasteiger partial charge is 0.181 e. The normalized spacial score (nSPS) is 9.87. The second-order valence-electron chi connectivity index (χ2n) is 3.02. The maximum atomic E-state index is 8.65. The van der Waals surface area contributed by atoms with Crippen molar-refractivity contribution in [3.8, 4) is 17.4 Å². The van der Waals surface area contributed by atoms with Crippen LogP contribution in [0.3, 0.4) is 0 Å². The zero-order chi connectivity index (χ0) is 10.7. The van der Waals surface area contributed by atoms with Crippen LogP contribution in [0, 0.1) is 11.3 Å². The summed E-state index contributed by atoms with van der Waals surface area (Å²) in [6, 6.07) is 9.16. The summed E-state index contributed by atoms with van der Waals surface area (Å²) >= 11 is 0. The summed E-state index contributed by atoms with van der Waals surface area (Å²) in [4.78, 5) is 4.00. The molecule has 15 heavy (non-hydrogen) atoms. The summed E-state index contributed by atoms with van der Waals surface area (Å²) in [6.45, 7) is 0.339. The van der Waals surface area contributed by atoms with Crippen LogP contribution in [-0.4, -0.2) is 4.98 Å². The van der Waals surface area contributed by atoms with E-state index in [4.69, 9.17) is 15.4 Å². The van der Waals surface area contributed by atoms with Gasteiger partial charge in [0.15, 0.2) is 12.2 Å². The zero-order valence-electron chi connectivity index (χ0n) is 7.97. The van der Waals surface area contributed by atoms with Crippen LogP contribution in [0.2, 0.25) is 0 Å². The third-order valence-corrected chi connectivity index (χ3v) is 2.11. The first kappa shape index (κ1) is 9.44. The minimum Gasteiger partial charge on any atom is -0.443 e. The Kier molecular flexibility index (Phi) is 2.48. The fourth-order valence-corrected chi connectivity index (χ4v) is 1.35. The van der Waals surface area contributed by atoms with Crippen molar-refractivity contribution in [3.63, 3.8) is 0 Å². The molecule has 74 valence electrons. The van der Waals surface area contributed by atoms with Gasteiger partial charge < -0.3 is 10.2 Å². The zero-order valence-corrected chi connectivity index (χ0v) is 7.97. The Bertz CT molecular complexity index is 493. The molecule has 0 aliphatic heterocycles. The Morgan fingerprint density at radius 2 is 2.07 bits per heavy atom. The molecule has 0 fully saturated rings. The lowest BCUT2D eigenvalue weighted by atomic mass is 10.1. The van der Waals surface area contributed by atoms with E-state index >= 15 is 0 Å². The van der Waals surface area contributed by atoms with Crippen molar-refractivity contribution < 1.29 is 4.42 Å². The van der Waals surface area contributed by atoms with Gasteiger partial charge in [-0.05, 0) is 24.3 Å². The standard InChI is InChI=1S/C11H9N3O/c12-5-8-1-3-9(4-2-8)11-10(6-13)14-7-15-11/h1-4,7H,6,13H2. The molecule has 0 amide bonds. The second kappa shape index (κ2) is 3.95. The first-order valence-corrected chi connectivity index (χ1v) is 4.48. The van der Waals surface area contributed by atoms with Gasteiger partial charge in [0, 0.05) is 12.1 Å². The number of rotatable bonds is 2. The SMILES string of the molecule is N#Cc1ccc(-c2ocnc2CN)cc1. The van der Waals surface area contributed by atoms with Crippen LogP contribution in [0.15, 0.2) is 35.1 Å². The van der Waals surface area contributed by atoms with Crippen LogP contribution < -0.4 is 5.73 Å². The third kappa shape index (κ3) is 1.73. The van der Waals surface area contributed by atoms with Gasteiger partial charge in [0.2, 0.25) is 0 Å². The molecule has 4 heteroatoms. The largest absolute Gasteiger partial charge is 0.443 e. The van der Waals surface area contributed by atoms with Gasteiger partial charge in [-0.2, -0.15) is 5.26 Å². The molecular weight excluding hydrogens is 190 g/mol. The van der Waals surface area contributed by atoms with E-state index in [2.05, 4.69) is 11.1 Å².